The van der Waals surface area contributed by atoms with Gasteiger partial charge in [0.05, 0.1) is 18.6 Å². The van der Waals surface area contributed by atoms with Gasteiger partial charge in [-0.05, 0) is 10.8 Å². The third-order valence-corrected chi connectivity index (χ3v) is 3.34. The first kappa shape index (κ1) is 11.0. The molecule has 0 aliphatic carbocycles. The fourth-order valence-corrected chi connectivity index (χ4v) is 2.31. The summed E-state index contributed by atoms with van der Waals surface area (Å²) < 4.78 is 11.4. The lowest BCUT2D eigenvalue weighted by molar-refractivity contribution is -0.0556. The Bertz CT molecular complexity index is 521. The third-order valence-electron chi connectivity index (χ3n) is 3.00. The summed E-state index contributed by atoms with van der Waals surface area (Å²) >= 11 is 5.77. The van der Waals surface area contributed by atoms with Gasteiger partial charge in [0, 0.05) is 5.56 Å². The zero-order valence-electron chi connectivity index (χ0n) is 9.30. The average Bonchev–Trinajstić information content (AvgIpc) is 2.87. The molecule has 1 saturated heterocycles. The molecule has 0 amide bonds. The largest absolute Gasteiger partial charge is 0.346 e. The van der Waals surface area contributed by atoms with Crippen molar-refractivity contribution in [3.05, 3.63) is 48.0 Å². The van der Waals surface area contributed by atoms with Gasteiger partial charge in [0.2, 0.25) is 0 Å². The maximum atomic E-state index is 5.77. The molecule has 0 N–H and O–H groups in total. The SMILES string of the molecule is ClC[C@H]1CO[C@H](c2cccc3ccccc23)O1. The van der Waals surface area contributed by atoms with Gasteiger partial charge < -0.3 is 9.47 Å². The minimum absolute atomic E-state index is 0.000588. The number of alkyl halides is 1. The molecule has 2 nitrogen and oxygen atoms in total. The van der Waals surface area contributed by atoms with Crippen LogP contribution >= 0.6 is 11.6 Å². The highest BCUT2D eigenvalue weighted by Gasteiger charge is 2.27. The molecule has 0 unspecified atom stereocenters. The van der Waals surface area contributed by atoms with Crippen LogP contribution in [-0.2, 0) is 9.47 Å². The van der Waals surface area contributed by atoms with Crippen LogP contribution in [0, 0.1) is 0 Å². The molecule has 0 aromatic heterocycles. The molecular weight excluding hydrogens is 236 g/mol. The molecule has 0 radical (unpaired) electrons. The normalized spacial score (nSPS) is 24.3. The maximum Gasteiger partial charge on any atom is 0.185 e. The van der Waals surface area contributed by atoms with Gasteiger partial charge in [0.1, 0.15) is 0 Å². The van der Waals surface area contributed by atoms with E-state index in [2.05, 4.69) is 18.2 Å². The minimum Gasteiger partial charge on any atom is -0.346 e. The second-order valence-corrected chi connectivity index (χ2v) is 4.45. The summed E-state index contributed by atoms with van der Waals surface area (Å²) in [4.78, 5) is 0. The molecule has 0 saturated carbocycles. The molecule has 1 fully saturated rings. The van der Waals surface area contributed by atoms with Crippen molar-refractivity contribution in [3.63, 3.8) is 0 Å². The highest BCUT2D eigenvalue weighted by Crippen LogP contribution is 2.32. The number of fused-ring (bicyclic) bond motifs is 1. The van der Waals surface area contributed by atoms with Gasteiger partial charge in [0.25, 0.3) is 0 Å². The van der Waals surface area contributed by atoms with Crippen LogP contribution in [0.25, 0.3) is 10.8 Å². The van der Waals surface area contributed by atoms with Gasteiger partial charge >= 0.3 is 0 Å². The summed E-state index contributed by atoms with van der Waals surface area (Å²) in [5.74, 6) is 0.473. The molecule has 2 aromatic carbocycles. The van der Waals surface area contributed by atoms with Gasteiger partial charge in [-0.2, -0.15) is 0 Å². The van der Waals surface area contributed by atoms with Gasteiger partial charge in [0.15, 0.2) is 6.29 Å². The van der Waals surface area contributed by atoms with Crippen LogP contribution in [0.4, 0.5) is 0 Å². The minimum atomic E-state index is -0.287. The van der Waals surface area contributed by atoms with Crippen molar-refractivity contribution in [2.45, 2.75) is 12.4 Å². The summed E-state index contributed by atoms with van der Waals surface area (Å²) in [7, 11) is 0. The number of hydrogen-bond donors (Lipinski definition) is 0. The van der Waals surface area contributed by atoms with Crippen LogP contribution in [0.3, 0.4) is 0 Å². The van der Waals surface area contributed by atoms with Crippen molar-refractivity contribution in [2.24, 2.45) is 0 Å². The highest BCUT2D eigenvalue weighted by atomic mass is 35.5. The van der Waals surface area contributed by atoms with Crippen molar-refractivity contribution < 1.29 is 9.47 Å². The molecule has 1 aliphatic heterocycles. The average molecular weight is 249 g/mol. The monoisotopic (exact) mass is 248 g/mol. The highest BCUT2D eigenvalue weighted by molar-refractivity contribution is 6.18. The van der Waals surface area contributed by atoms with Crippen LogP contribution in [-0.4, -0.2) is 18.6 Å². The van der Waals surface area contributed by atoms with Gasteiger partial charge in [-0.25, -0.2) is 0 Å². The van der Waals surface area contributed by atoms with Gasteiger partial charge in [-0.3, -0.25) is 0 Å². The summed E-state index contributed by atoms with van der Waals surface area (Å²) in [5.41, 5.74) is 1.08. The van der Waals surface area contributed by atoms with E-state index >= 15 is 0 Å². The fraction of sp³-hybridized carbons (Fsp3) is 0.286. The van der Waals surface area contributed by atoms with Gasteiger partial charge in [-0.15, -0.1) is 11.6 Å². The Morgan fingerprint density at radius 3 is 2.76 bits per heavy atom. The molecule has 3 rings (SSSR count). The van der Waals surface area contributed by atoms with Crippen molar-refractivity contribution in [2.75, 3.05) is 12.5 Å². The van der Waals surface area contributed by atoms with E-state index in [0.29, 0.717) is 12.5 Å². The smallest absolute Gasteiger partial charge is 0.185 e. The summed E-state index contributed by atoms with van der Waals surface area (Å²) in [6, 6.07) is 14.4. The lowest BCUT2D eigenvalue weighted by Gasteiger charge is -2.13. The molecule has 3 heteroatoms. The topological polar surface area (TPSA) is 18.5 Å². The van der Waals surface area contributed by atoms with E-state index < -0.39 is 0 Å². The lowest BCUT2D eigenvalue weighted by Crippen LogP contribution is -2.10. The molecule has 2 atom stereocenters. The van der Waals surface area contributed by atoms with E-state index in [4.69, 9.17) is 21.1 Å². The molecule has 0 spiro atoms. The molecule has 1 aliphatic rings. The first-order valence-corrected chi connectivity index (χ1v) is 6.22. The Balaban J connectivity index is 2.00. The van der Waals surface area contributed by atoms with Crippen LogP contribution in [0.15, 0.2) is 42.5 Å². The quantitative estimate of drug-likeness (QED) is 0.758. The predicted molar refractivity (Wildman–Crippen MR) is 68.2 cm³/mol. The molecule has 88 valence electrons. The van der Waals surface area contributed by atoms with Gasteiger partial charge in [-0.1, -0.05) is 42.5 Å². The lowest BCUT2D eigenvalue weighted by atomic mass is 10.0. The molecule has 17 heavy (non-hydrogen) atoms. The Kier molecular flexibility index (Phi) is 3.02. The summed E-state index contributed by atoms with van der Waals surface area (Å²) in [5, 5.41) is 2.38. The van der Waals surface area contributed by atoms with E-state index in [-0.39, 0.29) is 12.4 Å². The Morgan fingerprint density at radius 2 is 1.94 bits per heavy atom. The first-order valence-electron chi connectivity index (χ1n) is 5.69. The molecule has 2 aromatic rings. The van der Waals surface area contributed by atoms with Crippen molar-refractivity contribution >= 4 is 22.4 Å². The standard InChI is InChI=1S/C14H13ClO2/c15-8-11-9-16-14(17-11)13-7-3-5-10-4-1-2-6-12(10)13/h1-7,11,14H,8-9H2/t11-,14-/m0/s1. The van der Waals surface area contributed by atoms with E-state index in [9.17, 15) is 0 Å². The first-order chi connectivity index (χ1) is 8.38. The van der Waals surface area contributed by atoms with Crippen LogP contribution in [0.1, 0.15) is 11.9 Å². The zero-order chi connectivity index (χ0) is 11.7. The second-order valence-electron chi connectivity index (χ2n) is 4.15. The number of benzene rings is 2. The zero-order valence-corrected chi connectivity index (χ0v) is 10.1. The number of ether oxygens (including phenoxy) is 2. The van der Waals surface area contributed by atoms with Crippen LogP contribution in [0.2, 0.25) is 0 Å². The predicted octanol–water partition coefficient (Wildman–Crippen LogP) is 3.49. The van der Waals surface area contributed by atoms with E-state index in [0.717, 1.165) is 5.56 Å². The molecular formula is C14H13ClO2. The number of hydrogen-bond acceptors (Lipinski definition) is 2. The van der Waals surface area contributed by atoms with E-state index in [1.165, 1.54) is 10.8 Å². The van der Waals surface area contributed by atoms with Crippen molar-refractivity contribution in [3.8, 4) is 0 Å². The number of rotatable bonds is 2. The summed E-state index contributed by atoms with van der Waals surface area (Å²) in [6.45, 7) is 0.567. The van der Waals surface area contributed by atoms with Crippen LogP contribution in [0.5, 0.6) is 0 Å². The summed E-state index contributed by atoms with van der Waals surface area (Å²) in [6.07, 6.45) is -0.287. The second kappa shape index (κ2) is 4.65. The number of halogens is 1. The van der Waals surface area contributed by atoms with E-state index in [1.54, 1.807) is 0 Å². The van der Waals surface area contributed by atoms with Crippen molar-refractivity contribution in [1.29, 1.82) is 0 Å². The molecule has 1 heterocycles. The van der Waals surface area contributed by atoms with Crippen LogP contribution < -0.4 is 0 Å². The maximum absolute atomic E-state index is 5.77. The molecule has 0 bridgehead atoms. The van der Waals surface area contributed by atoms with E-state index in [1.807, 2.05) is 24.3 Å². The Hall–Kier alpha value is -1.09. The third kappa shape index (κ3) is 2.04. The fourth-order valence-electron chi connectivity index (χ4n) is 2.15. The Labute approximate surface area is 105 Å². The Morgan fingerprint density at radius 1 is 1.12 bits per heavy atom. The van der Waals surface area contributed by atoms with Crippen molar-refractivity contribution in [1.82, 2.24) is 0 Å².